The predicted molar refractivity (Wildman–Crippen MR) is 88.3 cm³/mol. The molecule has 0 aliphatic carbocycles. The van der Waals surface area contributed by atoms with Gasteiger partial charge >= 0.3 is 12.0 Å². The number of carboxylic acid groups (broad SMARTS) is 1. The van der Waals surface area contributed by atoms with Gasteiger partial charge in [0.15, 0.2) is 17.1 Å². The van der Waals surface area contributed by atoms with Crippen molar-refractivity contribution in [3.8, 4) is 0 Å². The highest BCUT2D eigenvalue weighted by molar-refractivity contribution is 9.10. The Morgan fingerprint density at radius 2 is 1.92 bits per heavy atom. The summed E-state index contributed by atoms with van der Waals surface area (Å²) in [5, 5.41) is 21.9. The van der Waals surface area contributed by atoms with Crippen LogP contribution >= 0.6 is 15.9 Å². The summed E-state index contributed by atoms with van der Waals surface area (Å²) in [6.45, 7) is 0. The van der Waals surface area contributed by atoms with E-state index in [9.17, 15) is 13.6 Å². The van der Waals surface area contributed by atoms with E-state index in [0.29, 0.717) is 4.47 Å². The van der Waals surface area contributed by atoms with Gasteiger partial charge < -0.3 is 5.11 Å². The van der Waals surface area contributed by atoms with Crippen LogP contribution in [0.4, 0.5) is 19.4 Å². The van der Waals surface area contributed by atoms with Gasteiger partial charge in [0, 0.05) is 10.7 Å². The van der Waals surface area contributed by atoms with Gasteiger partial charge in [0.25, 0.3) is 0 Å². The van der Waals surface area contributed by atoms with E-state index in [1.807, 2.05) is 5.32 Å². The van der Waals surface area contributed by atoms with Crippen LogP contribution in [0.1, 0.15) is 11.5 Å². The first-order valence-electron chi connectivity index (χ1n) is 7.10. The smallest absolute Gasteiger partial charge is 0.410 e. The quantitative estimate of drug-likeness (QED) is 0.524. The maximum absolute atomic E-state index is 15.0. The summed E-state index contributed by atoms with van der Waals surface area (Å²) in [5.41, 5.74) is -0.111. The average molecular weight is 424 g/mol. The van der Waals surface area contributed by atoms with E-state index >= 15 is 0 Å². The van der Waals surface area contributed by atoms with E-state index in [4.69, 9.17) is 5.11 Å². The Morgan fingerprint density at radius 3 is 2.69 bits per heavy atom. The molecule has 0 bridgehead atoms. The molecule has 2 N–H and O–H groups in total. The van der Waals surface area contributed by atoms with Gasteiger partial charge in [0.1, 0.15) is 5.69 Å². The first kappa shape index (κ1) is 16.3. The number of anilines is 1. The van der Waals surface area contributed by atoms with Crippen molar-refractivity contribution in [1.29, 1.82) is 0 Å². The molecule has 0 unspecified atom stereocenters. The molecule has 1 amide bonds. The topological polar surface area (TPSA) is 110 Å². The van der Waals surface area contributed by atoms with Crippen molar-refractivity contribution in [2.45, 2.75) is 5.92 Å². The maximum atomic E-state index is 15.0. The van der Waals surface area contributed by atoms with E-state index < -0.39 is 23.5 Å². The number of alkyl halides is 2. The standard InChI is InChI=1S/C14H8BrF2N7O2/c15-7-1-3-11-20-21-12(23(11)5-7)14(16,17)8-2-4-10-18-9(19-13(25)26)6-24(10)22-8/h1-6,19H,(H,25,26). The van der Waals surface area contributed by atoms with Gasteiger partial charge in [-0.05, 0) is 40.2 Å². The fourth-order valence-corrected chi connectivity index (χ4v) is 2.75. The van der Waals surface area contributed by atoms with Crippen LogP contribution in [0.2, 0.25) is 0 Å². The van der Waals surface area contributed by atoms with Crippen molar-refractivity contribution in [2.24, 2.45) is 0 Å². The lowest BCUT2D eigenvalue weighted by Gasteiger charge is -2.13. The number of rotatable bonds is 3. The molecule has 0 spiro atoms. The van der Waals surface area contributed by atoms with E-state index in [2.05, 4.69) is 36.2 Å². The van der Waals surface area contributed by atoms with Crippen LogP contribution in [0, 0.1) is 0 Å². The van der Waals surface area contributed by atoms with Crippen molar-refractivity contribution in [3.05, 3.63) is 52.7 Å². The summed E-state index contributed by atoms with van der Waals surface area (Å²) in [5.74, 6) is -4.16. The van der Waals surface area contributed by atoms with Crippen molar-refractivity contribution < 1.29 is 18.7 Å². The molecular weight excluding hydrogens is 416 g/mol. The third-order valence-electron chi connectivity index (χ3n) is 3.52. The number of amides is 1. The molecule has 4 aromatic heterocycles. The van der Waals surface area contributed by atoms with Crippen LogP contribution in [0.5, 0.6) is 0 Å². The van der Waals surface area contributed by atoms with Crippen LogP contribution in [-0.2, 0) is 5.92 Å². The minimum Gasteiger partial charge on any atom is -0.465 e. The highest BCUT2D eigenvalue weighted by Crippen LogP contribution is 2.33. The summed E-state index contributed by atoms with van der Waals surface area (Å²) in [6, 6.07) is 5.63. The second-order valence-corrected chi connectivity index (χ2v) is 6.17. The van der Waals surface area contributed by atoms with Gasteiger partial charge in [0.05, 0.1) is 6.20 Å². The molecular formula is C14H8BrF2N7O2. The molecule has 4 aromatic rings. The van der Waals surface area contributed by atoms with Crippen LogP contribution in [0.25, 0.3) is 11.3 Å². The number of hydrogen-bond acceptors (Lipinski definition) is 5. The number of aromatic nitrogens is 6. The Hall–Kier alpha value is -3.15. The maximum Gasteiger partial charge on any atom is 0.410 e. The highest BCUT2D eigenvalue weighted by atomic mass is 79.9. The minimum atomic E-state index is -3.54. The van der Waals surface area contributed by atoms with Gasteiger partial charge in [-0.2, -0.15) is 13.9 Å². The largest absolute Gasteiger partial charge is 0.465 e. The molecule has 4 rings (SSSR count). The number of nitrogens with zero attached hydrogens (tertiary/aromatic N) is 6. The first-order chi connectivity index (χ1) is 12.3. The fourth-order valence-electron chi connectivity index (χ4n) is 2.41. The lowest BCUT2D eigenvalue weighted by atomic mass is 10.2. The highest BCUT2D eigenvalue weighted by Gasteiger charge is 2.41. The van der Waals surface area contributed by atoms with Crippen LogP contribution in [-0.4, -0.2) is 40.4 Å². The number of pyridine rings is 1. The monoisotopic (exact) mass is 423 g/mol. The van der Waals surface area contributed by atoms with E-state index in [1.165, 1.54) is 22.9 Å². The average Bonchev–Trinajstić information content (AvgIpc) is 3.16. The molecule has 4 heterocycles. The van der Waals surface area contributed by atoms with Crippen molar-refractivity contribution in [1.82, 2.24) is 29.2 Å². The second-order valence-electron chi connectivity index (χ2n) is 5.25. The molecule has 0 aliphatic heterocycles. The molecule has 0 radical (unpaired) electrons. The third kappa shape index (κ3) is 2.63. The van der Waals surface area contributed by atoms with Gasteiger partial charge in [0.2, 0.25) is 5.82 Å². The number of nitrogens with one attached hydrogen (secondary N) is 1. The number of halogens is 3. The summed E-state index contributed by atoms with van der Waals surface area (Å²) >= 11 is 3.22. The second kappa shape index (κ2) is 5.69. The molecule has 0 aromatic carbocycles. The van der Waals surface area contributed by atoms with Gasteiger partial charge in [-0.3, -0.25) is 9.72 Å². The summed E-state index contributed by atoms with van der Waals surface area (Å²) in [6.07, 6.45) is 1.31. The zero-order valence-corrected chi connectivity index (χ0v) is 14.2. The SMILES string of the molecule is O=C(O)Nc1cn2nc(C(F)(F)c3nnc4ccc(Br)cn34)ccc2n1. The number of carbonyl (C=O) groups is 1. The normalized spacial score (nSPS) is 12.0. The summed E-state index contributed by atoms with van der Waals surface area (Å²) in [7, 11) is 0. The lowest BCUT2D eigenvalue weighted by Crippen LogP contribution is -2.22. The molecule has 0 atom stereocenters. The molecule has 26 heavy (non-hydrogen) atoms. The summed E-state index contributed by atoms with van der Waals surface area (Å²) < 4.78 is 32.8. The molecule has 0 fully saturated rings. The lowest BCUT2D eigenvalue weighted by molar-refractivity contribution is 0.0258. The van der Waals surface area contributed by atoms with Gasteiger partial charge in [-0.15, -0.1) is 10.2 Å². The molecule has 12 heteroatoms. The van der Waals surface area contributed by atoms with Gasteiger partial charge in [-0.25, -0.2) is 14.3 Å². The zero-order valence-electron chi connectivity index (χ0n) is 12.6. The Kier molecular flexibility index (Phi) is 3.57. The van der Waals surface area contributed by atoms with E-state index in [1.54, 1.807) is 12.1 Å². The molecule has 132 valence electrons. The van der Waals surface area contributed by atoms with E-state index in [0.717, 1.165) is 10.6 Å². The molecule has 9 nitrogen and oxygen atoms in total. The number of imidazole rings is 1. The predicted octanol–water partition coefficient (Wildman–Crippen LogP) is 2.76. The fraction of sp³-hybridized carbons (Fsp3) is 0.0714. The Balaban J connectivity index is 1.81. The Labute approximate surface area is 151 Å². The molecule has 0 saturated carbocycles. The first-order valence-corrected chi connectivity index (χ1v) is 7.89. The van der Waals surface area contributed by atoms with Crippen LogP contribution in [0.15, 0.2) is 41.1 Å². The van der Waals surface area contributed by atoms with Crippen LogP contribution in [0.3, 0.4) is 0 Å². The van der Waals surface area contributed by atoms with Crippen LogP contribution < -0.4 is 5.32 Å². The Bertz CT molecular complexity index is 1160. The van der Waals surface area contributed by atoms with E-state index in [-0.39, 0.29) is 17.1 Å². The minimum absolute atomic E-state index is 0.0256. The number of hydrogen-bond donors (Lipinski definition) is 2. The molecule has 0 aliphatic rings. The Morgan fingerprint density at radius 1 is 1.15 bits per heavy atom. The van der Waals surface area contributed by atoms with Crippen molar-refractivity contribution in [3.63, 3.8) is 0 Å². The van der Waals surface area contributed by atoms with Crippen molar-refractivity contribution in [2.75, 3.05) is 5.32 Å². The zero-order chi connectivity index (χ0) is 18.5. The molecule has 0 saturated heterocycles. The number of fused-ring (bicyclic) bond motifs is 2. The van der Waals surface area contributed by atoms with Crippen molar-refractivity contribution >= 4 is 39.1 Å². The third-order valence-corrected chi connectivity index (χ3v) is 3.99. The van der Waals surface area contributed by atoms with Gasteiger partial charge in [-0.1, -0.05) is 0 Å². The summed E-state index contributed by atoms with van der Waals surface area (Å²) in [4.78, 5) is 14.6.